The van der Waals surface area contributed by atoms with Crippen molar-refractivity contribution in [3.05, 3.63) is 0 Å². The fraction of sp³-hybridized carbons (Fsp3) is 0.889. The maximum absolute atomic E-state index is 11.8. The fourth-order valence-corrected chi connectivity index (χ4v) is 4.08. The van der Waals surface area contributed by atoms with Gasteiger partial charge in [-0.15, -0.1) is 0 Å². The van der Waals surface area contributed by atoms with Gasteiger partial charge in [0.2, 0.25) is 11.8 Å². The van der Waals surface area contributed by atoms with Gasteiger partial charge in [-0.25, -0.2) is 0 Å². The molecule has 0 aliphatic heterocycles. The highest BCUT2D eigenvalue weighted by molar-refractivity contribution is 8.76. The maximum atomic E-state index is 11.8. The van der Waals surface area contributed by atoms with Gasteiger partial charge in [0.05, 0.1) is 0 Å². The lowest BCUT2D eigenvalue weighted by Gasteiger charge is -2.16. The number of rotatable bonds is 18. The number of hydrogen-bond acceptors (Lipinski definition) is 6. The van der Waals surface area contributed by atoms with Crippen LogP contribution in [-0.4, -0.2) is 68.0 Å². The number of nitrogens with two attached hydrogens (primary N) is 1. The third-order valence-corrected chi connectivity index (χ3v) is 6.20. The van der Waals surface area contributed by atoms with Crippen molar-refractivity contribution < 1.29 is 9.59 Å². The molecule has 0 atom stereocenters. The molecule has 0 saturated carbocycles. The number of nitrogens with one attached hydrogen (secondary N) is 2. The molecule has 4 N–H and O–H groups in total. The van der Waals surface area contributed by atoms with Crippen LogP contribution in [0.25, 0.3) is 0 Å². The topological polar surface area (TPSA) is 87.5 Å². The van der Waals surface area contributed by atoms with E-state index in [9.17, 15) is 9.59 Å². The van der Waals surface area contributed by atoms with E-state index in [4.69, 9.17) is 5.73 Å². The number of carbonyl (C=O) groups is 2. The molecule has 0 spiro atoms. The van der Waals surface area contributed by atoms with Crippen molar-refractivity contribution in [3.63, 3.8) is 0 Å². The average molecular weight is 407 g/mol. The highest BCUT2D eigenvalue weighted by Crippen LogP contribution is 2.19. The van der Waals surface area contributed by atoms with Gasteiger partial charge in [-0.2, -0.15) is 0 Å². The van der Waals surface area contributed by atoms with Crippen LogP contribution in [-0.2, 0) is 9.59 Å². The molecule has 0 aromatic rings. The predicted octanol–water partition coefficient (Wildman–Crippen LogP) is 2.24. The molecule has 2 amide bonds. The summed E-state index contributed by atoms with van der Waals surface area (Å²) in [5.41, 5.74) is 5.48. The lowest BCUT2D eigenvalue weighted by Crippen LogP contribution is -2.30. The number of hydrogen-bond donors (Lipinski definition) is 3. The van der Waals surface area contributed by atoms with Gasteiger partial charge in [0.15, 0.2) is 0 Å². The van der Waals surface area contributed by atoms with Crippen LogP contribution in [0.1, 0.15) is 51.9 Å². The largest absolute Gasteiger partial charge is 0.355 e. The van der Waals surface area contributed by atoms with Crippen molar-refractivity contribution in [2.24, 2.45) is 5.73 Å². The number of amides is 2. The molecular weight excluding hydrogens is 368 g/mol. The zero-order valence-electron chi connectivity index (χ0n) is 16.6. The monoisotopic (exact) mass is 406 g/mol. The van der Waals surface area contributed by atoms with E-state index in [-0.39, 0.29) is 11.8 Å². The first-order chi connectivity index (χ1) is 12.6. The van der Waals surface area contributed by atoms with Crippen molar-refractivity contribution in [1.29, 1.82) is 0 Å². The molecule has 6 nitrogen and oxygen atoms in total. The summed E-state index contributed by atoms with van der Waals surface area (Å²) >= 11 is 0. The zero-order valence-corrected chi connectivity index (χ0v) is 18.2. The number of nitrogens with zero attached hydrogens (tertiary/aromatic N) is 1. The van der Waals surface area contributed by atoms with Crippen LogP contribution in [0, 0.1) is 0 Å². The Kier molecular flexibility index (Phi) is 19.0. The van der Waals surface area contributed by atoms with E-state index in [1.54, 1.807) is 21.6 Å². The summed E-state index contributed by atoms with van der Waals surface area (Å²) in [7, 11) is 5.54. The quantitative estimate of drug-likeness (QED) is 0.239. The Balaban J connectivity index is 3.37. The lowest BCUT2D eigenvalue weighted by molar-refractivity contribution is -0.121. The van der Waals surface area contributed by atoms with E-state index in [0.717, 1.165) is 44.0 Å². The molecule has 154 valence electrons. The van der Waals surface area contributed by atoms with Crippen LogP contribution in [0.4, 0.5) is 0 Å². The molecule has 0 unspecified atom stereocenters. The van der Waals surface area contributed by atoms with Crippen molar-refractivity contribution in [2.45, 2.75) is 51.9 Å². The molecule has 0 heterocycles. The standard InChI is InChI=1S/C18H38N4O2S2/c1-3-8-17(23)20-11-15-25-26-16-12-21-18(24)9-14-22(2)13-7-5-4-6-10-19/h3-16,19H2,1-2H3,(H,20,23)(H,21,24). The SMILES string of the molecule is CCCC(=O)NCCSSCCNC(=O)CCN(C)CCCCCCN. The van der Waals surface area contributed by atoms with E-state index < -0.39 is 0 Å². The molecule has 0 aromatic heterocycles. The smallest absolute Gasteiger partial charge is 0.221 e. The summed E-state index contributed by atoms with van der Waals surface area (Å²) in [5.74, 6) is 2.03. The van der Waals surface area contributed by atoms with Gasteiger partial charge in [0.1, 0.15) is 0 Å². The summed E-state index contributed by atoms with van der Waals surface area (Å²) in [4.78, 5) is 25.3. The Labute approximate surface area is 167 Å². The Hall–Kier alpha value is -0.440. The maximum Gasteiger partial charge on any atom is 0.221 e. The summed E-state index contributed by atoms with van der Waals surface area (Å²) in [6.07, 6.45) is 6.74. The van der Waals surface area contributed by atoms with Crippen LogP contribution in [0.5, 0.6) is 0 Å². The van der Waals surface area contributed by atoms with Crippen LogP contribution in [0.2, 0.25) is 0 Å². The first-order valence-electron chi connectivity index (χ1n) is 9.76. The van der Waals surface area contributed by atoms with Crippen LogP contribution in [0.3, 0.4) is 0 Å². The van der Waals surface area contributed by atoms with Gasteiger partial charge in [-0.05, 0) is 39.4 Å². The van der Waals surface area contributed by atoms with Crippen LogP contribution >= 0.6 is 21.6 Å². The molecule has 0 bridgehead atoms. The molecule has 0 aromatic carbocycles. The fourth-order valence-electron chi connectivity index (χ4n) is 2.27. The minimum atomic E-state index is 0.123. The van der Waals surface area contributed by atoms with Gasteiger partial charge < -0.3 is 21.3 Å². The van der Waals surface area contributed by atoms with Crippen molar-refractivity contribution in [3.8, 4) is 0 Å². The minimum absolute atomic E-state index is 0.123. The summed E-state index contributed by atoms with van der Waals surface area (Å²) in [5, 5.41) is 5.86. The Morgan fingerprint density at radius 2 is 1.46 bits per heavy atom. The second kappa shape index (κ2) is 19.3. The normalized spacial score (nSPS) is 10.9. The molecule has 0 aliphatic rings. The van der Waals surface area contributed by atoms with E-state index in [1.807, 2.05) is 6.92 Å². The summed E-state index contributed by atoms with van der Waals surface area (Å²) < 4.78 is 0. The second-order valence-corrected chi connectivity index (χ2v) is 9.05. The van der Waals surface area contributed by atoms with Crippen molar-refractivity contribution in [1.82, 2.24) is 15.5 Å². The minimum Gasteiger partial charge on any atom is -0.355 e. The first-order valence-corrected chi connectivity index (χ1v) is 12.2. The van der Waals surface area contributed by atoms with Gasteiger partial charge in [0.25, 0.3) is 0 Å². The third-order valence-electron chi connectivity index (χ3n) is 3.79. The van der Waals surface area contributed by atoms with Crippen LogP contribution in [0.15, 0.2) is 0 Å². The highest BCUT2D eigenvalue weighted by atomic mass is 33.1. The van der Waals surface area contributed by atoms with Gasteiger partial charge >= 0.3 is 0 Å². The average Bonchev–Trinajstić information content (AvgIpc) is 2.62. The lowest BCUT2D eigenvalue weighted by atomic mass is 10.2. The highest BCUT2D eigenvalue weighted by Gasteiger charge is 2.04. The van der Waals surface area contributed by atoms with E-state index in [1.165, 1.54) is 19.3 Å². The van der Waals surface area contributed by atoms with E-state index in [2.05, 4.69) is 22.6 Å². The summed E-state index contributed by atoms with van der Waals surface area (Å²) in [6.45, 7) is 6.04. The Bertz CT molecular complexity index is 360. The van der Waals surface area contributed by atoms with Gasteiger partial charge in [0, 0.05) is 44.0 Å². The molecule has 8 heteroatoms. The second-order valence-electron chi connectivity index (χ2n) is 6.35. The number of unbranched alkanes of at least 4 members (excludes halogenated alkanes) is 3. The molecule has 0 saturated heterocycles. The van der Waals surface area contributed by atoms with Crippen molar-refractivity contribution in [2.75, 3.05) is 51.3 Å². The molecular formula is C18H38N4O2S2. The molecule has 0 aliphatic carbocycles. The van der Waals surface area contributed by atoms with Crippen LogP contribution < -0.4 is 16.4 Å². The molecule has 0 radical (unpaired) electrons. The zero-order chi connectivity index (χ0) is 19.5. The number of carbonyl (C=O) groups excluding carboxylic acids is 2. The molecule has 0 rings (SSSR count). The Morgan fingerprint density at radius 1 is 0.885 bits per heavy atom. The van der Waals surface area contributed by atoms with Gasteiger partial charge in [-0.1, -0.05) is 41.4 Å². The van der Waals surface area contributed by atoms with Crippen molar-refractivity contribution >= 4 is 33.4 Å². The Morgan fingerprint density at radius 3 is 2.04 bits per heavy atom. The van der Waals surface area contributed by atoms with Gasteiger partial charge in [-0.3, -0.25) is 9.59 Å². The van der Waals surface area contributed by atoms with E-state index in [0.29, 0.717) is 25.9 Å². The molecule has 0 fully saturated rings. The van der Waals surface area contributed by atoms with E-state index >= 15 is 0 Å². The summed E-state index contributed by atoms with van der Waals surface area (Å²) in [6, 6.07) is 0. The molecule has 26 heavy (non-hydrogen) atoms. The first kappa shape index (κ1) is 25.6. The predicted molar refractivity (Wildman–Crippen MR) is 115 cm³/mol. The third kappa shape index (κ3) is 18.4.